The number of imidazole rings is 1. The highest BCUT2D eigenvalue weighted by Gasteiger charge is 2.49. The Hall–Kier alpha value is -4.19. The number of carbonyl (C=O) groups is 2. The van der Waals surface area contributed by atoms with E-state index in [0.29, 0.717) is 50.1 Å². The number of thioether (sulfide) groups is 1. The third kappa shape index (κ3) is 5.15. The maximum absolute atomic E-state index is 13.6. The first kappa shape index (κ1) is 28.0. The Kier molecular flexibility index (Phi) is 7.72. The van der Waals surface area contributed by atoms with Gasteiger partial charge >= 0.3 is 5.91 Å². The van der Waals surface area contributed by atoms with Crippen LogP contribution in [-0.2, 0) is 15.3 Å². The molecule has 4 heterocycles. The van der Waals surface area contributed by atoms with Crippen molar-refractivity contribution in [1.29, 1.82) is 0 Å². The maximum Gasteiger partial charge on any atom is 0.301 e. The highest BCUT2D eigenvalue weighted by molar-refractivity contribution is 8.00. The van der Waals surface area contributed by atoms with Gasteiger partial charge in [-0.05, 0) is 61.4 Å². The van der Waals surface area contributed by atoms with Crippen LogP contribution in [0.15, 0.2) is 82.8 Å². The highest BCUT2D eigenvalue weighted by atomic mass is 35.5. The van der Waals surface area contributed by atoms with Crippen LogP contribution in [0.25, 0.3) is 11.4 Å². The third-order valence-corrected chi connectivity index (χ3v) is 9.14. The number of ether oxygens (including phenoxy) is 1. The van der Waals surface area contributed by atoms with Gasteiger partial charge in [0.15, 0.2) is 10.1 Å². The zero-order chi connectivity index (χ0) is 29.4. The molecule has 0 aliphatic carbocycles. The minimum absolute atomic E-state index is 0.0523. The molecular formula is C30H24ClN5O4S2. The molecule has 1 N–H and O–H groups in total. The van der Waals surface area contributed by atoms with Gasteiger partial charge in [-0.25, -0.2) is 4.98 Å². The molecule has 1 unspecified atom stereocenters. The summed E-state index contributed by atoms with van der Waals surface area (Å²) in [4.78, 5) is 33.1. The zero-order valence-corrected chi connectivity index (χ0v) is 24.9. The zero-order valence-electron chi connectivity index (χ0n) is 22.5. The van der Waals surface area contributed by atoms with Gasteiger partial charge in [0.1, 0.15) is 17.1 Å². The fourth-order valence-corrected chi connectivity index (χ4v) is 6.82. The molecule has 3 aromatic heterocycles. The van der Waals surface area contributed by atoms with Crippen molar-refractivity contribution in [3.63, 3.8) is 0 Å². The van der Waals surface area contributed by atoms with Crippen LogP contribution in [0, 0.1) is 6.92 Å². The maximum atomic E-state index is 13.6. The smallest absolute Gasteiger partial charge is 0.301 e. The van der Waals surface area contributed by atoms with Crippen LogP contribution >= 0.6 is 34.7 Å². The topological polar surface area (TPSA) is 110 Å². The van der Waals surface area contributed by atoms with Crippen molar-refractivity contribution in [2.75, 3.05) is 11.5 Å². The molecule has 42 heavy (non-hydrogen) atoms. The number of hydrogen-bond acceptors (Lipinski definition) is 9. The summed E-state index contributed by atoms with van der Waals surface area (Å²) in [5.74, 6) is -0.657. The Morgan fingerprint density at radius 2 is 1.83 bits per heavy atom. The average Bonchev–Trinajstić information content (AvgIpc) is 3.66. The van der Waals surface area contributed by atoms with E-state index in [1.807, 2.05) is 37.3 Å². The minimum Gasteiger partial charge on any atom is -0.505 e. The summed E-state index contributed by atoms with van der Waals surface area (Å²) in [6.45, 7) is 4.13. The van der Waals surface area contributed by atoms with Crippen LogP contribution in [0.3, 0.4) is 0 Å². The number of rotatable bonds is 8. The second-order valence-corrected chi connectivity index (χ2v) is 12.0. The van der Waals surface area contributed by atoms with Crippen molar-refractivity contribution >= 4 is 62.9 Å². The predicted molar refractivity (Wildman–Crippen MR) is 163 cm³/mol. The lowest BCUT2D eigenvalue weighted by Gasteiger charge is -2.22. The number of aromatic nitrogens is 4. The number of amides is 1. The Balaban J connectivity index is 1.43. The Morgan fingerprint density at radius 3 is 2.57 bits per heavy atom. The predicted octanol–water partition coefficient (Wildman–Crippen LogP) is 6.46. The third-order valence-electron chi connectivity index (χ3n) is 6.76. The van der Waals surface area contributed by atoms with Crippen LogP contribution < -0.4 is 9.64 Å². The number of Topliss-reactive ketones (excluding diaryl/α,β-unsaturated/α-hetero) is 1. The van der Waals surface area contributed by atoms with Crippen molar-refractivity contribution in [1.82, 2.24) is 19.6 Å². The lowest BCUT2D eigenvalue weighted by atomic mass is 9.96. The second-order valence-electron chi connectivity index (χ2n) is 9.41. The molecule has 5 aromatic rings. The minimum atomic E-state index is -0.948. The van der Waals surface area contributed by atoms with Gasteiger partial charge in [-0.2, -0.15) is 0 Å². The van der Waals surface area contributed by atoms with Crippen LogP contribution in [0.5, 0.6) is 5.75 Å². The quantitative estimate of drug-likeness (QED) is 0.0694. The number of anilines is 1. The van der Waals surface area contributed by atoms with Crippen molar-refractivity contribution in [3.8, 4) is 5.75 Å². The number of ketones is 1. The molecule has 0 spiro atoms. The number of halogens is 1. The van der Waals surface area contributed by atoms with Gasteiger partial charge in [0.05, 0.1) is 23.9 Å². The number of carbonyl (C=O) groups excluding carboxylic acids is 2. The van der Waals surface area contributed by atoms with E-state index in [4.69, 9.17) is 16.3 Å². The summed E-state index contributed by atoms with van der Waals surface area (Å²) < 4.78 is 7.92. The Bertz CT molecular complexity index is 1830. The second kappa shape index (κ2) is 11.6. The molecule has 0 saturated carbocycles. The summed E-state index contributed by atoms with van der Waals surface area (Å²) in [6.07, 6.45) is 1.75. The molecule has 1 atom stereocenters. The number of pyridine rings is 1. The molecular weight excluding hydrogens is 594 g/mol. The Morgan fingerprint density at radius 1 is 1.07 bits per heavy atom. The lowest BCUT2D eigenvalue weighted by molar-refractivity contribution is -0.132. The van der Waals surface area contributed by atoms with Gasteiger partial charge in [0.25, 0.3) is 5.78 Å². The van der Waals surface area contributed by atoms with Crippen molar-refractivity contribution in [2.24, 2.45) is 0 Å². The summed E-state index contributed by atoms with van der Waals surface area (Å²) in [5, 5.41) is 21.2. The first-order chi connectivity index (χ1) is 20.4. The number of hydrogen-bond donors (Lipinski definition) is 1. The van der Waals surface area contributed by atoms with Crippen LogP contribution in [0.2, 0.25) is 5.02 Å². The number of aryl methyl sites for hydroxylation is 1. The van der Waals surface area contributed by atoms with Gasteiger partial charge in [-0.15, -0.1) is 10.2 Å². The van der Waals surface area contributed by atoms with Crippen LogP contribution in [0.4, 0.5) is 5.13 Å². The molecule has 2 aromatic carbocycles. The summed E-state index contributed by atoms with van der Waals surface area (Å²) in [7, 11) is 0. The first-order valence-electron chi connectivity index (χ1n) is 13.0. The van der Waals surface area contributed by atoms with E-state index in [-0.39, 0.29) is 16.5 Å². The summed E-state index contributed by atoms with van der Waals surface area (Å²) in [5.41, 5.74) is 3.08. The molecule has 1 aliphatic rings. The van der Waals surface area contributed by atoms with E-state index in [2.05, 4.69) is 15.2 Å². The molecule has 1 amide bonds. The van der Waals surface area contributed by atoms with E-state index >= 15 is 0 Å². The van der Waals surface area contributed by atoms with E-state index in [0.717, 1.165) is 5.56 Å². The Labute approximate surface area is 254 Å². The molecule has 0 bridgehead atoms. The molecule has 1 aliphatic heterocycles. The van der Waals surface area contributed by atoms with Gasteiger partial charge in [0, 0.05) is 17.0 Å². The molecule has 1 fully saturated rings. The number of aliphatic hydroxyl groups excluding tert-OH is 1. The molecule has 6 rings (SSSR count). The number of nitrogens with zero attached hydrogens (tertiary/aromatic N) is 5. The number of aliphatic hydroxyl groups is 1. The van der Waals surface area contributed by atoms with Gasteiger partial charge in [0.2, 0.25) is 5.13 Å². The van der Waals surface area contributed by atoms with Crippen LogP contribution in [-0.4, -0.2) is 43.0 Å². The van der Waals surface area contributed by atoms with E-state index in [9.17, 15) is 14.7 Å². The molecule has 12 heteroatoms. The number of benzene rings is 2. The summed E-state index contributed by atoms with van der Waals surface area (Å²) in [6, 6.07) is 19.1. The number of fused-ring (bicyclic) bond motifs is 1. The van der Waals surface area contributed by atoms with Crippen LogP contribution in [0.1, 0.15) is 35.5 Å². The average molecular weight is 618 g/mol. The first-order valence-corrected chi connectivity index (χ1v) is 15.2. The molecule has 1 saturated heterocycles. The van der Waals surface area contributed by atoms with Gasteiger partial charge < -0.3 is 9.84 Å². The van der Waals surface area contributed by atoms with E-state index < -0.39 is 17.7 Å². The SMILES string of the molecule is CCOc1ccc(C2/C(=C(\O)c3c(C)nc4ccccn34)C(=O)C(=O)N2c2nnc(SCc3ccc(Cl)cc3)s2)cc1. The summed E-state index contributed by atoms with van der Waals surface area (Å²) >= 11 is 8.67. The normalized spacial score (nSPS) is 16.5. The van der Waals surface area contributed by atoms with Crippen molar-refractivity contribution in [2.45, 2.75) is 30.0 Å². The monoisotopic (exact) mass is 617 g/mol. The van der Waals surface area contributed by atoms with E-state index in [1.54, 1.807) is 53.9 Å². The van der Waals surface area contributed by atoms with E-state index in [1.165, 1.54) is 28.0 Å². The van der Waals surface area contributed by atoms with Crippen molar-refractivity contribution < 1.29 is 19.4 Å². The fraction of sp³-hybridized carbons (Fsp3) is 0.167. The van der Waals surface area contributed by atoms with Crippen molar-refractivity contribution in [3.05, 3.63) is 106 Å². The highest BCUT2D eigenvalue weighted by Crippen LogP contribution is 2.44. The standard InChI is InChI=1S/C30H24ClN5O4S2/c1-3-40-21-13-9-19(10-14-21)25-23(26(37)24-17(2)32-22-6-4-5-15-35(22)24)27(38)28(39)36(25)29-33-34-30(42-29)41-16-18-7-11-20(31)12-8-18/h4-15,25,37H,3,16H2,1-2H3/b26-23+. The molecule has 212 valence electrons. The van der Waals surface area contributed by atoms with Gasteiger partial charge in [-0.3, -0.25) is 18.9 Å². The molecule has 0 radical (unpaired) electrons. The van der Waals surface area contributed by atoms with Gasteiger partial charge in [-0.1, -0.05) is 65.0 Å². The fourth-order valence-electron chi connectivity index (χ4n) is 4.87. The molecule has 9 nitrogen and oxygen atoms in total. The largest absolute Gasteiger partial charge is 0.505 e. The lowest BCUT2D eigenvalue weighted by Crippen LogP contribution is -2.29.